The summed E-state index contributed by atoms with van der Waals surface area (Å²) in [6, 6.07) is 8.10. The lowest BCUT2D eigenvalue weighted by Crippen LogP contribution is -2.34. The average Bonchev–Trinajstić information content (AvgIpc) is 3.36. The number of benzene rings is 1. The van der Waals surface area contributed by atoms with E-state index in [9.17, 15) is 9.59 Å². The van der Waals surface area contributed by atoms with Gasteiger partial charge in [-0.05, 0) is 61.6 Å². The number of rotatable bonds is 4. The maximum absolute atomic E-state index is 12.8. The Hall–Kier alpha value is -1.24. The Balaban J connectivity index is 1.61. The summed E-state index contributed by atoms with van der Waals surface area (Å²) >= 11 is 9.28. The highest BCUT2D eigenvalue weighted by Gasteiger charge is 2.55. The van der Waals surface area contributed by atoms with Crippen molar-refractivity contribution in [1.82, 2.24) is 4.57 Å². The van der Waals surface area contributed by atoms with Gasteiger partial charge < -0.3 is 4.74 Å². The fourth-order valence-electron chi connectivity index (χ4n) is 5.47. The fourth-order valence-corrected chi connectivity index (χ4v) is 8.74. The number of nitrogens with zero attached hydrogens (tertiary/aromatic N) is 1. The summed E-state index contributed by atoms with van der Waals surface area (Å²) in [7, 11) is 0. The Bertz CT molecular complexity index is 967. The van der Waals surface area contributed by atoms with Crippen molar-refractivity contribution in [2.75, 3.05) is 6.61 Å². The zero-order chi connectivity index (χ0) is 19.4. The molecule has 7 heteroatoms. The van der Waals surface area contributed by atoms with Gasteiger partial charge in [-0.2, -0.15) is 0 Å². The van der Waals surface area contributed by atoms with Crippen LogP contribution in [0.3, 0.4) is 0 Å². The van der Waals surface area contributed by atoms with Crippen LogP contribution < -0.4 is 4.87 Å². The molecule has 5 rings (SSSR count). The zero-order valence-corrected chi connectivity index (χ0v) is 18.0. The Morgan fingerprint density at radius 1 is 1.25 bits per heavy atom. The van der Waals surface area contributed by atoms with Gasteiger partial charge in [0.15, 0.2) is 0 Å². The second kappa shape index (κ2) is 7.22. The van der Waals surface area contributed by atoms with Crippen LogP contribution in [0.1, 0.15) is 42.5 Å². The Kier molecular flexibility index (Phi) is 4.84. The van der Waals surface area contributed by atoms with Gasteiger partial charge in [0.2, 0.25) is 0 Å². The van der Waals surface area contributed by atoms with Crippen molar-refractivity contribution >= 4 is 40.7 Å². The first-order valence-electron chi connectivity index (χ1n) is 9.88. The van der Waals surface area contributed by atoms with E-state index in [1.54, 1.807) is 11.5 Å². The summed E-state index contributed by atoms with van der Waals surface area (Å²) in [5.74, 6) is 1.88. The van der Waals surface area contributed by atoms with Crippen LogP contribution in [0.2, 0.25) is 5.02 Å². The van der Waals surface area contributed by atoms with Crippen LogP contribution in [0.25, 0.3) is 0 Å². The molecule has 2 aliphatic carbocycles. The van der Waals surface area contributed by atoms with Gasteiger partial charge in [0.25, 0.3) is 0 Å². The molecule has 5 atom stereocenters. The summed E-state index contributed by atoms with van der Waals surface area (Å²) in [5, 5.41) is 2.23. The Morgan fingerprint density at radius 2 is 2.00 bits per heavy atom. The highest BCUT2D eigenvalue weighted by Crippen LogP contribution is 2.64. The van der Waals surface area contributed by atoms with E-state index in [4.69, 9.17) is 16.3 Å². The minimum absolute atomic E-state index is 0.00429. The average molecular weight is 436 g/mol. The van der Waals surface area contributed by atoms with Crippen molar-refractivity contribution in [2.24, 2.45) is 17.8 Å². The predicted molar refractivity (Wildman–Crippen MR) is 112 cm³/mol. The normalized spacial score (nSPS) is 30.1. The monoisotopic (exact) mass is 435 g/mol. The predicted octanol–water partition coefficient (Wildman–Crippen LogP) is 4.78. The van der Waals surface area contributed by atoms with Crippen molar-refractivity contribution in [1.29, 1.82) is 0 Å². The highest BCUT2D eigenvalue weighted by atomic mass is 35.5. The van der Waals surface area contributed by atoms with Gasteiger partial charge >= 0.3 is 10.8 Å². The number of halogens is 1. The molecule has 0 spiro atoms. The Labute approximate surface area is 177 Å². The molecule has 148 valence electrons. The molecular formula is C21H22ClNO3S2. The lowest BCUT2D eigenvalue weighted by Gasteiger charge is -2.40. The van der Waals surface area contributed by atoms with Crippen molar-refractivity contribution in [3.63, 3.8) is 0 Å². The van der Waals surface area contributed by atoms with E-state index in [0.717, 1.165) is 20.8 Å². The summed E-state index contributed by atoms with van der Waals surface area (Å²) < 4.78 is 6.75. The smallest absolute Gasteiger partial charge is 0.326 e. The third kappa shape index (κ3) is 2.96. The largest absolute Gasteiger partial charge is 0.465 e. The maximum atomic E-state index is 12.8. The standard InChI is InChI=1S/C21H22ClNO3S2/c1-2-26-15(24)10-23-20-19(28-21(23)25)16(11-5-7-14(22)8-6-11)17-12-3-4-13(9-12)18(17)27-20/h5-8,12-13,16-18H,2-4,9-10H2,1H3/t12-,13-,16-,17-,18+/m0/s1. The molecule has 0 amide bonds. The molecule has 2 aromatic rings. The summed E-state index contributed by atoms with van der Waals surface area (Å²) in [5.41, 5.74) is 1.23. The molecule has 0 radical (unpaired) electrons. The lowest BCUT2D eigenvalue weighted by molar-refractivity contribution is -0.144. The first-order chi connectivity index (χ1) is 13.6. The maximum Gasteiger partial charge on any atom is 0.326 e. The van der Waals surface area contributed by atoms with Crippen molar-refractivity contribution in [2.45, 2.75) is 48.9 Å². The third-order valence-corrected chi connectivity index (χ3v) is 9.59. The molecular weight excluding hydrogens is 414 g/mol. The number of hydrogen-bond donors (Lipinski definition) is 0. The highest BCUT2D eigenvalue weighted by molar-refractivity contribution is 8.00. The quantitative estimate of drug-likeness (QED) is 0.648. The topological polar surface area (TPSA) is 48.3 Å². The van der Waals surface area contributed by atoms with Crippen LogP contribution in [0.15, 0.2) is 34.1 Å². The Morgan fingerprint density at radius 3 is 2.75 bits per heavy atom. The number of carbonyl (C=O) groups excluding carboxylic acids is 1. The van der Waals surface area contributed by atoms with E-state index in [1.807, 2.05) is 23.9 Å². The molecule has 4 nitrogen and oxygen atoms in total. The minimum Gasteiger partial charge on any atom is -0.465 e. The van der Waals surface area contributed by atoms with Gasteiger partial charge in [-0.15, -0.1) is 11.8 Å². The first kappa shape index (κ1) is 18.8. The third-order valence-electron chi connectivity index (χ3n) is 6.51. The second-order valence-corrected chi connectivity index (χ2v) is 10.5. The van der Waals surface area contributed by atoms with E-state index < -0.39 is 0 Å². The number of esters is 1. The molecule has 2 bridgehead atoms. The number of fused-ring (bicyclic) bond motifs is 6. The van der Waals surface area contributed by atoms with Crippen molar-refractivity contribution in [3.8, 4) is 0 Å². The number of thiazole rings is 1. The summed E-state index contributed by atoms with van der Waals surface area (Å²) in [6.45, 7) is 2.12. The summed E-state index contributed by atoms with van der Waals surface area (Å²) in [6.07, 6.45) is 3.88. The van der Waals surface area contributed by atoms with Gasteiger partial charge in [-0.1, -0.05) is 35.1 Å². The van der Waals surface area contributed by atoms with Crippen LogP contribution in [-0.4, -0.2) is 22.4 Å². The van der Waals surface area contributed by atoms with Gasteiger partial charge in [0, 0.05) is 21.1 Å². The van der Waals surface area contributed by atoms with Crippen molar-refractivity contribution in [3.05, 3.63) is 49.4 Å². The molecule has 1 aromatic heterocycles. The fraction of sp³-hybridized carbons (Fsp3) is 0.524. The van der Waals surface area contributed by atoms with Crippen LogP contribution in [-0.2, 0) is 16.1 Å². The van der Waals surface area contributed by atoms with Gasteiger partial charge in [-0.25, -0.2) is 0 Å². The van der Waals surface area contributed by atoms with E-state index in [2.05, 4.69) is 12.1 Å². The molecule has 1 aliphatic heterocycles. The molecule has 0 saturated heterocycles. The SMILES string of the molecule is CCOC(=O)Cn1c2c(sc1=O)[C@@H](c1ccc(Cl)cc1)[C@@H]1[C@H]3CC[C@@H](C3)[C@H]1S2. The molecule has 2 heterocycles. The van der Waals surface area contributed by atoms with Crippen LogP contribution in [0.5, 0.6) is 0 Å². The number of carbonyl (C=O) groups is 1. The van der Waals surface area contributed by atoms with Crippen LogP contribution >= 0.6 is 34.7 Å². The molecule has 1 aromatic carbocycles. The van der Waals surface area contributed by atoms with E-state index in [0.29, 0.717) is 23.7 Å². The van der Waals surface area contributed by atoms with Crippen LogP contribution in [0, 0.1) is 17.8 Å². The zero-order valence-electron chi connectivity index (χ0n) is 15.6. The number of ether oxygens (including phenoxy) is 1. The van der Waals surface area contributed by atoms with Crippen molar-refractivity contribution < 1.29 is 9.53 Å². The first-order valence-corrected chi connectivity index (χ1v) is 12.0. The van der Waals surface area contributed by atoms with Gasteiger partial charge in [0.05, 0.1) is 11.6 Å². The molecule has 2 saturated carbocycles. The summed E-state index contributed by atoms with van der Waals surface area (Å²) in [4.78, 5) is 26.0. The van der Waals surface area contributed by atoms with E-state index in [1.165, 1.54) is 36.2 Å². The van der Waals surface area contributed by atoms with Gasteiger partial charge in [-0.3, -0.25) is 14.2 Å². The van der Waals surface area contributed by atoms with E-state index >= 15 is 0 Å². The van der Waals surface area contributed by atoms with Gasteiger partial charge in [0.1, 0.15) is 6.54 Å². The number of hydrogen-bond acceptors (Lipinski definition) is 5. The van der Waals surface area contributed by atoms with Crippen LogP contribution in [0.4, 0.5) is 0 Å². The molecule has 0 unspecified atom stereocenters. The second-order valence-electron chi connectivity index (χ2n) is 7.95. The number of thioether (sulfide) groups is 1. The number of aromatic nitrogens is 1. The molecule has 3 aliphatic rings. The minimum atomic E-state index is -0.344. The lowest BCUT2D eigenvalue weighted by atomic mass is 9.75. The van der Waals surface area contributed by atoms with E-state index in [-0.39, 0.29) is 23.3 Å². The molecule has 2 fully saturated rings. The molecule has 28 heavy (non-hydrogen) atoms. The molecule has 0 N–H and O–H groups in total.